The lowest BCUT2D eigenvalue weighted by atomic mass is 10.0. The summed E-state index contributed by atoms with van der Waals surface area (Å²) in [6, 6.07) is 9.24. The van der Waals surface area contributed by atoms with Crippen LogP contribution in [0.1, 0.15) is 44.7 Å². The Balaban J connectivity index is 0.00000364. The molecule has 154 valence electrons. The first-order chi connectivity index (χ1) is 12.4. The van der Waals surface area contributed by atoms with Crippen LogP contribution in [0.25, 0.3) is 0 Å². The number of piperidine rings is 1. The third kappa shape index (κ3) is 8.60. The van der Waals surface area contributed by atoms with Crippen LogP contribution < -0.4 is 10.6 Å². The predicted molar refractivity (Wildman–Crippen MR) is 132 cm³/mol. The SMILES string of the molecule is CCNC(=NCC(C)(C)SC)NC1CCN(Cc2ccccc2C)CC1.I. The molecular formula is C21H37IN4S. The minimum Gasteiger partial charge on any atom is -0.357 e. The summed E-state index contributed by atoms with van der Waals surface area (Å²) in [5.41, 5.74) is 2.85. The molecule has 1 aromatic rings. The number of rotatable bonds is 7. The van der Waals surface area contributed by atoms with Gasteiger partial charge in [0.05, 0.1) is 6.54 Å². The Morgan fingerprint density at radius 2 is 1.93 bits per heavy atom. The van der Waals surface area contributed by atoms with Crippen LogP contribution in [0.2, 0.25) is 0 Å². The minimum atomic E-state index is 0. The fourth-order valence-electron chi connectivity index (χ4n) is 3.11. The zero-order valence-corrected chi connectivity index (χ0v) is 20.7. The van der Waals surface area contributed by atoms with Gasteiger partial charge in [-0.05, 0) is 57.9 Å². The van der Waals surface area contributed by atoms with Crippen LogP contribution in [0.5, 0.6) is 0 Å². The lowest BCUT2D eigenvalue weighted by Crippen LogP contribution is -2.48. The molecule has 1 saturated heterocycles. The van der Waals surface area contributed by atoms with E-state index >= 15 is 0 Å². The first kappa shape index (κ1) is 24.6. The van der Waals surface area contributed by atoms with Crippen molar-refractivity contribution < 1.29 is 0 Å². The standard InChI is InChI=1S/C21H36N4S.HI/c1-6-22-20(23-16-21(3,4)26-5)24-19-11-13-25(14-12-19)15-18-10-8-7-9-17(18)2;/h7-10,19H,6,11-16H2,1-5H3,(H2,22,23,24);1H. The van der Waals surface area contributed by atoms with E-state index in [9.17, 15) is 0 Å². The minimum absolute atomic E-state index is 0. The molecule has 6 heteroatoms. The average molecular weight is 505 g/mol. The lowest BCUT2D eigenvalue weighted by molar-refractivity contribution is 0.198. The highest BCUT2D eigenvalue weighted by Gasteiger charge is 2.21. The molecule has 1 aliphatic rings. The summed E-state index contributed by atoms with van der Waals surface area (Å²) in [5, 5.41) is 7.05. The molecule has 0 radical (unpaired) electrons. The number of hydrogen-bond donors (Lipinski definition) is 2. The number of nitrogens with one attached hydrogen (secondary N) is 2. The second-order valence-corrected chi connectivity index (χ2v) is 9.29. The summed E-state index contributed by atoms with van der Waals surface area (Å²) in [7, 11) is 0. The Morgan fingerprint density at radius 3 is 2.52 bits per heavy atom. The fraction of sp³-hybridized carbons (Fsp3) is 0.667. The molecule has 2 rings (SSSR count). The van der Waals surface area contributed by atoms with Crippen molar-refractivity contribution in [1.82, 2.24) is 15.5 Å². The third-order valence-electron chi connectivity index (χ3n) is 5.10. The van der Waals surface area contributed by atoms with E-state index in [1.54, 1.807) is 0 Å². The summed E-state index contributed by atoms with van der Waals surface area (Å²) in [4.78, 5) is 7.38. The molecule has 0 atom stereocenters. The third-order valence-corrected chi connectivity index (χ3v) is 6.33. The van der Waals surface area contributed by atoms with Crippen LogP contribution in [0.3, 0.4) is 0 Å². The number of likely N-dealkylation sites (tertiary alicyclic amines) is 1. The van der Waals surface area contributed by atoms with Gasteiger partial charge in [-0.25, -0.2) is 0 Å². The van der Waals surface area contributed by atoms with Crippen LogP contribution in [0, 0.1) is 6.92 Å². The zero-order valence-electron chi connectivity index (χ0n) is 17.5. The van der Waals surface area contributed by atoms with Crippen molar-refractivity contribution in [2.24, 2.45) is 4.99 Å². The van der Waals surface area contributed by atoms with E-state index in [2.05, 4.69) is 73.7 Å². The summed E-state index contributed by atoms with van der Waals surface area (Å²) in [5.74, 6) is 0.965. The van der Waals surface area contributed by atoms with Crippen LogP contribution in [-0.2, 0) is 6.54 Å². The summed E-state index contributed by atoms with van der Waals surface area (Å²) >= 11 is 1.87. The van der Waals surface area contributed by atoms with Gasteiger partial charge < -0.3 is 10.6 Å². The molecule has 0 aromatic heterocycles. The Hall–Kier alpha value is -0.470. The Morgan fingerprint density at radius 1 is 1.26 bits per heavy atom. The van der Waals surface area contributed by atoms with Crippen LogP contribution in [0.4, 0.5) is 0 Å². The van der Waals surface area contributed by atoms with Crippen LogP contribution in [0.15, 0.2) is 29.3 Å². The molecule has 27 heavy (non-hydrogen) atoms. The van der Waals surface area contributed by atoms with E-state index in [1.165, 1.54) is 24.0 Å². The second-order valence-electron chi connectivity index (χ2n) is 7.78. The lowest BCUT2D eigenvalue weighted by Gasteiger charge is -2.33. The van der Waals surface area contributed by atoms with E-state index in [-0.39, 0.29) is 28.7 Å². The summed E-state index contributed by atoms with van der Waals surface area (Å²) in [6.45, 7) is 13.9. The number of thioether (sulfide) groups is 1. The molecular weight excluding hydrogens is 467 g/mol. The maximum atomic E-state index is 4.81. The average Bonchev–Trinajstić information content (AvgIpc) is 2.63. The number of nitrogens with zero attached hydrogens (tertiary/aromatic N) is 2. The topological polar surface area (TPSA) is 39.7 Å². The molecule has 0 unspecified atom stereocenters. The van der Waals surface area contributed by atoms with Gasteiger partial charge in [-0.15, -0.1) is 24.0 Å². The first-order valence-electron chi connectivity index (χ1n) is 9.80. The second kappa shape index (κ2) is 12.2. The Kier molecular flexibility index (Phi) is 11.1. The van der Waals surface area contributed by atoms with Crippen molar-refractivity contribution in [3.8, 4) is 0 Å². The highest BCUT2D eigenvalue weighted by molar-refractivity contribution is 14.0. The molecule has 1 aliphatic heterocycles. The van der Waals surface area contributed by atoms with Crippen molar-refractivity contribution in [3.63, 3.8) is 0 Å². The van der Waals surface area contributed by atoms with Gasteiger partial charge in [-0.2, -0.15) is 11.8 Å². The highest BCUT2D eigenvalue weighted by Crippen LogP contribution is 2.21. The van der Waals surface area contributed by atoms with E-state index in [4.69, 9.17) is 4.99 Å². The fourth-order valence-corrected chi connectivity index (χ4v) is 3.30. The Labute approximate surface area is 187 Å². The van der Waals surface area contributed by atoms with Crippen molar-refractivity contribution in [2.45, 2.75) is 57.9 Å². The molecule has 0 spiro atoms. The van der Waals surface area contributed by atoms with Gasteiger partial charge in [0.25, 0.3) is 0 Å². The molecule has 4 nitrogen and oxygen atoms in total. The maximum absolute atomic E-state index is 4.81. The molecule has 0 saturated carbocycles. The Bertz CT molecular complexity index is 583. The largest absolute Gasteiger partial charge is 0.357 e. The predicted octanol–water partition coefficient (Wildman–Crippen LogP) is 4.27. The number of guanidine groups is 1. The molecule has 2 N–H and O–H groups in total. The summed E-state index contributed by atoms with van der Waals surface area (Å²) < 4.78 is 0.180. The molecule has 1 fully saturated rings. The van der Waals surface area contributed by atoms with E-state index < -0.39 is 0 Å². The van der Waals surface area contributed by atoms with E-state index in [0.29, 0.717) is 6.04 Å². The van der Waals surface area contributed by atoms with Gasteiger partial charge in [-0.1, -0.05) is 24.3 Å². The van der Waals surface area contributed by atoms with Gasteiger partial charge in [0.15, 0.2) is 5.96 Å². The van der Waals surface area contributed by atoms with E-state index in [1.807, 2.05) is 11.8 Å². The molecule has 1 heterocycles. The number of benzene rings is 1. The van der Waals surface area contributed by atoms with Gasteiger partial charge >= 0.3 is 0 Å². The van der Waals surface area contributed by atoms with Crippen LogP contribution >= 0.6 is 35.7 Å². The van der Waals surface area contributed by atoms with Crippen molar-refractivity contribution in [2.75, 3.05) is 32.4 Å². The molecule has 1 aromatic carbocycles. The smallest absolute Gasteiger partial charge is 0.191 e. The van der Waals surface area contributed by atoms with Crippen LogP contribution in [-0.4, -0.2) is 54.1 Å². The monoisotopic (exact) mass is 504 g/mol. The number of halogens is 1. The van der Waals surface area contributed by atoms with Gasteiger partial charge in [-0.3, -0.25) is 9.89 Å². The molecule has 0 bridgehead atoms. The maximum Gasteiger partial charge on any atom is 0.191 e. The zero-order chi connectivity index (χ0) is 19.0. The molecule has 0 amide bonds. The van der Waals surface area contributed by atoms with Gasteiger partial charge in [0.2, 0.25) is 0 Å². The van der Waals surface area contributed by atoms with Gasteiger partial charge in [0.1, 0.15) is 0 Å². The number of aryl methyl sites for hydroxylation is 1. The quantitative estimate of drug-likeness (QED) is 0.331. The summed E-state index contributed by atoms with van der Waals surface area (Å²) in [6.07, 6.45) is 4.49. The number of hydrogen-bond acceptors (Lipinski definition) is 3. The van der Waals surface area contributed by atoms with Crippen molar-refractivity contribution in [3.05, 3.63) is 35.4 Å². The van der Waals surface area contributed by atoms with Gasteiger partial charge in [0, 0.05) is 37.0 Å². The van der Waals surface area contributed by atoms with E-state index in [0.717, 1.165) is 38.7 Å². The number of aliphatic imine (C=N–C) groups is 1. The van der Waals surface area contributed by atoms with Crippen molar-refractivity contribution >= 4 is 41.7 Å². The van der Waals surface area contributed by atoms with Crippen molar-refractivity contribution in [1.29, 1.82) is 0 Å². The molecule has 0 aliphatic carbocycles. The first-order valence-corrected chi connectivity index (χ1v) is 11.0. The normalized spacial score (nSPS) is 16.7. The highest BCUT2D eigenvalue weighted by atomic mass is 127.